The Bertz CT molecular complexity index is 2900. The van der Waals surface area contributed by atoms with Crippen LogP contribution in [0.5, 0.6) is 0 Å². The van der Waals surface area contributed by atoms with Gasteiger partial charge in [0.2, 0.25) is 0 Å². The molecule has 0 bridgehead atoms. The molecule has 0 aliphatic heterocycles. The first-order valence-electron chi connectivity index (χ1n) is 19.9. The van der Waals surface area contributed by atoms with Crippen molar-refractivity contribution in [1.82, 2.24) is 4.57 Å². The van der Waals surface area contributed by atoms with Gasteiger partial charge in [-0.1, -0.05) is 164 Å². The molecule has 1 heterocycles. The normalized spacial score (nSPS) is 15.8. The molecule has 1 aliphatic rings. The van der Waals surface area contributed by atoms with Gasteiger partial charge in [-0.15, -0.1) is 0 Å². The predicted octanol–water partition coefficient (Wildman–Crippen LogP) is 13.0. The number of amidine groups is 2. The Morgan fingerprint density at radius 3 is 2.09 bits per heavy atom. The minimum absolute atomic E-state index is 0.132. The van der Waals surface area contributed by atoms with E-state index in [9.17, 15) is 0 Å². The summed E-state index contributed by atoms with van der Waals surface area (Å²) in [5.74, 6) is 0.648. The molecule has 1 N–H and O–H groups in total. The molecule has 7 aromatic carbocycles. The third-order valence-corrected chi connectivity index (χ3v) is 11.6. The van der Waals surface area contributed by atoms with E-state index in [0.717, 1.165) is 46.3 Å². The molecule has 280 valence electrons. The fourth-order valence-electron chi connectivity index (χ4n) is 8.34. The van der Waals surface area contributed by atoms with Crippen LogP contribution in [0.2, 0.25) is 0 Å². The highest BCUT2D eigenvalue weighted by molar-refractivity contribution is 6.14. The molecule has 0 amide bonds. The monoisotopic (exact) mass is 748 g/mol. The van der Waals surface area contributed by atoms with Gasteiger partial charge in [-0.3, -0.25) is 5.41 Å². The van der Waals surface area contributed by atoms with Gasteiger partial charge in [-0.2, -0.15) is 0 Å². The Kier molecular flexibility index (Phi) is 9.91. The molecule has 8 aromatic rings. The lowest BCUT2D eigenvalue weighted by atomic mass is 9.67. The molecular formula is C54H44N4. The maximum atomic E-state index is 8.77. The van der Waals surface area contributed by atoms with Crippen LogP contribution in [0, 0.1) is 5.41 Å². The summed E-state index contributed by atoms with van der Waals surface area (Å²) in [6, 6.07) is 63.3. The molecule has 1 aliphatic carbocycles. The van der Waals surface area contributed by atoms with Crippen molar-refractivity contribution in [3.8, 4) is 5.69 Å². The third kappa shape index (κ3) is 7.17. The van der Waals surface area contributed by atoms with Crippen LogP contribution >= 0.6 is 0 Å². The number of nitrogens with one attached hydrogen (secondary N) is 1. The van der Waals surface area contributed by atoms with E-state index in [1.165, 1.54) is 44.2 Å². The quantitative estimate of drug-likeness (QED) is 0.119. The number of hydrogen-bond acceptors (Lipinski definition) is 1. The van der Waals surface area contributed by atoms with Crippen LogP contribution in [0.4, 0.5) is 0 Å². The van der Waals surface area contributed by atoms with Crippen LogP contribution in [-0.4, -0.2) is 22.5 Å². The fraction of sp³-hybridized carbons (Fsp3) is 0.0926. The average molecular weight is 749 g/mol. The van der Waals surface area contributed by atoms with E-state index in [1.807, 2.05) is 60.7 Å². The van der Waals surface area contributed by atoms with E-state index in [-0.39, 0.29) is 11.3 Å². The van der Waals surface area contributed by atoms with E-state index >= 15 is 0 Å². The van der Waals surface area contributed by atoms with Gasteiger partial charge < -0.3 is 4.57 Å². The number of hydrogen-bond donors (Lipinski definition) is 1. The first-order chi connectivity index (χ1) is 28.4. The number of benzene rings is 7. The summed E-state index contributed by atoms with van der Waals surface area (Å²) in [4.78, 5) is 9.52. The minimum Gasteiger partial charge on any atom is -0.309 e. The summed E-state index contributed by atoms with van der Waals surface area (Å²) >= 11 is 0. The summed E-state index contributed by atoms with van der Waals surface area (Å²) in [5, 5.41) is 11.2. The van der Waals surface area contributed by atoms with E-state index < -0.39 is 0 Å². The number of nitrogens with zero attached hydrogens (tertiary/aromatic N) is 3. The van der Waals surface area contributed by atoms with Crippen molar-refractivity contribution in [3.63, 3.8) is 0 Å². The van der Waals surface area contributed by atoms with Crippen molar-refractivity contribution >= 4 is 45.3 Å². The van der Waals surface area contributed by atoms with Crippen LogP contribution in [-0.2, 0) is 11.8 Å². The van der Waals surface area contributed by atoms with Crippen molar-refractivity contribution in [2.45, 2.75) is 32.1 Å². The lowest BCUT2D eigenvalue weighted by molar-refractivity contribution is 0.563. The lowest BCUT2D eigenvalue weighted by Gasteiger charge is -2.37. The number of fused-ring (bicyclic) bond motifs is 3. The second-order valence-electron chi connectivity index (χ2n) is 15.3. The zero-order valence-corrected chi connectivity index (χ0v) is 32.8. The lowest BCUT2D eigenvalue weighted by Crippen LogP contribution is -2.27. The first-order valence-corrected chi connectivity index (χ1v) is 19.9. The molecule has 4 heteroatoms. The number of allylic oxidation sites excluding steroid dienone is 4. The van der Waals surface area contributed by atoms with Crippen molar-refractivity contribution in [2.24, 2.45) is 9.98 Å². The molecule has 0 saturated heterocycles. The van der Waals surface area contributed by atoms with Crippen LogP contribution in [0.1, 0.15) is 59.2 Å². The zero-order valence-electron chi connectivity index (χ0n) is 32.8. The summed E-state index contributed by atoms with van der Waals surface area (Å²) < 4.78 is 2.34. The molecule has 0 fully saturated rings. The van der Waals surface area contributed by atoms with E-state index in [1.54, 1.807) is 6.21 Å². The zero-order chi connectivity index (χ0) is 39.5. The van der Waals surface area contributed by atoms with Gasteiger partial charge in [-0.25, -0.2) is 9.98 Å². The molecule has 4 nitrogen and oxygen atoms in total. The van der Waals surface area contributed by atoms with Crippen LogP contribution in [0.3, 0.4) is 0 Å². The third-order valence-electron chi connectivity index (χ3n) is 11.6. The standard InChI is InChI=1S/C54H44N4/c1-38-26-27-45(36-54(38,2)49-24-14-12-22-44(49)34-39-16-6-3-7-17-39)43-30-33-51-48(35-43)47-23-13-15-25-50(47)58(51)46-31-28-42(29-32-46)53(56-37-40-18-8-4-9-19-40)57-52(55)41-20-10-5-11-21-41/h3-33,35,37,55H,34,36H2,1-2H3/b55-52?,56-37+,57-53-. The number of aromatic nitrogens is 1. The highest BCUT2D eigenvalue weighted by Gasteiger charge is 2.34. The largest absolute Gasteiger partial charge is 0.309 e. The maximum absolute atomic E-state index is 8.77. The molecule has 9 rings (SSSR count). The molecule has 1 atom stereocenters. The Hall–Kier alpha value is -7.17. The molecular weight excluding hydrogens is 705 g/mol. The van der Waals surface area contributed by atoms with E-state index in [2.05, 4.69) is 152 Å². The van der Waals surface area contributed by atoms with Crippen LogP contribution in [0.15, 0.2) is 210 Å². The van der Waals surface area contributed by atoms with E-state index in [0.29, 0.717) is 5.84 Å². The van der Waals surface area contributed by atoms with Gasteiger partial charge in [0.15, 0.2) is 11.7 Å². The highest BCUT2D eigenvalue weighted by atomic mass is 15.0. The molecule has 0 radical (unpaired) electrons. The van der Waals surface area contributed by atoms with Crippen molar-refractivity contribution in [3.05, 3.63) is 239 Å². The van der Waals surface area contributed by atoms with Crippen LogP contribution < -0.4 is 0 Å². The predicted molar refractivity (Wildman–Crippen MR) is 244 cm³/mol. The van der Waals surface area contributed by atoms with Gasteiger partial charge in [0, 0.05) is 39.2 Å². The second kappa shape index (κ2) is 15.8. The van der Waals surface area contributed by atoms with Crippen LogP contribution in [0.25, 0.3) is 33.1 Å². The average Bonchev–Trinajstić information content (AvgIpc) is 3.61. The summed E-state index contributed by atoms with van der Waals surface area (Å²) in [5.41, 5.74) is 13.8. The molecule has 1 unspecified atom stereocenters. The number of para-hydroxylation sites is 1. The van der Waals surface area contributed by atoms with E-state index in [4.69, 9.17) is 15.4 Å². The minimum atomic E-state index is -0.132. The van der Waals surface area contributed by atoms with Crippen molar-refractivity contribution in [1.29, 1.82) is 5.41 Å². The SMILES string of the molecule is CC1=CC=C(c2ccc3c(c2)c2ccccc2n3-c2ccc(C(=N/C(=N)c3ccccc3)/N=C/c3ccccc3)cc2)CC1(C)c1ccccc1Cc1ccccc1. The molecule has 1 aromatic heterocycles. The van der Waals surface area contributed by atoms with Gasteiger partial charge >= 0.3 is 0 Å². The Morgan fingerprint density at radius 1 is 0.655 bits per heavy atom. The molecule has 0 saturated carbocycles. The fourth-order valence-corrected chi connectivity index (χ4v) is 8.34. The smallest absolute Gasteiger partial charge is 0.161 e. The van der Waals surface area contributed by atoms with Gasteiger partial charge in [0.05, 0.1) is 11.0 Å². The highest BCUT2D eigenvalue weighted by Crippen LogP contribution is 2.45. The Labute approximate surface area is 340 Å². The topological polar surface area (TPSA) is 53.5 Å². The molecule has 58 heavy (non-hydrogen) atoms. The number of rotatable bonds is 8. The maximum Gasteiger partial charge on any atom is 0.161 e. The Morgan fingerprint density at radius 2 is 1.31 bits per heavy atom. The van der Waals surface area contributed by atoms with Crippen molar-refractivity contribution in [2.75, 3.05) is 0 Å². The summed E-state index contributed by atoms with van der Waals surface area (Å²) in [7, 11) is 0. The summed E-state index contributed by atoms with van der Waals surface area (Å²) in [6.07, 6.45) is 8.30. The van der Waals surface area contributed by atoms with Gasteiger partial charge in [0.25, 0.3) is 0 Å². The second-order valence-corrected chi connectivity index (χ2v) is 15.3. The molecule has 0 spiro atoms. The first kappa shape index (κ1) is 36.5. The number of aliphatic imine (C=N–C) groups is 2. The van der Waals surface area contributed by atoms with Crippen molar-refractivity contribution < 1.29 is 0 Å². The Balaban J connectivity index is 1.06. The summed E-state index contributed by atoms with van der Waals surface area (Å²) in [6.45, 7) is 4.70. The van der Waals surface area contributed by atoms with Gasteiger partial charge in [0.1, 0.15) is 0 Å². The van der Waals surface area contributed by atoms with Gasteiger partial charge in [-0.05, 0) is 95.6 Å².